The van der Waals surface area contributed by atoms with Gasteiger partial charge in [0.1, 0.15) is 37.6 Å². The molecule has 8 rings (SSSR count). The molecule has 0 radical (unpaired) electrons. The van der Waals surface area contributed by atoms with Crippen molar-refractivity contribution in [2.75, 3.05) is 20.3 Å². The fourth-order valence-corrected chi connectivity index (χ4v) is 7.88. The Hall–Kier alpha value is -8.06. The number of aliphatic hydroxyl groups excluding tert-OH is 1. The van der Waals surface area contributed by atoms with Crippen LogP contribution < -0.4 is 0 Å². The molecular formula is C55H48O17. The molecule has 10 unspecified atom stereocenters. The number of methoxy groups -OCH3 is 1. The second kappa shape index (κ2) is 24.2. The standard InChI is InChI=1S/C55H48O17/c1-63-54-47(71-53(62)39-30-18-7-19-31-39)46(44(69-51(60)37-26-14-5-15-27-37)41(66-54)33-65-49(58)35-22-10-3-11-23-35)72-55-45(70-52(61)38-28-16-6-17-29-38)42(56)43(68-50(59)36-24-12-4-13-25-36)40(67-55)32-64-48(57)34-20-8-2-9-21-34/h2-31,40-47,54-56H,32-33H2,1H3. The van der Waals surface area contributed by atoms with E-state index in [1.165, 1.54) is 79.9 Å². The van der Waals surface area contributed by atoms with Crippen LogP contribution in [0.15, 0.2) is 182 Å². The van der Waals surface area contributed by atoms with Gasteiger partial charge in [-0.15, -0.1) is 0 Å². The van der Waals surface area contributed by atoms with Gasteiger partial charge in [0.25, 0.3) is 0 Å². The van der Waals surface area contributed by atoms with Gasteiger partial charge < -0.3 is 52.5 Å². The van der Waals surface area contributed by atoms with Crippen LogP contribution in [0.5, 0.6) is 0 Å². The van der Waals surface area contributed by atoms with Crippen LogP contribution in [0.2, 0.25) is 0 Å². The third-order valence-corrected chi connectivity index (χ3v) is 11.5. The number of esters is 6. The van der Waals surface area contributed by atoms with Gasteiger partial charge in [-0.2, -0.15) is 0 Å². The van der Waals surface area contributed by atoms with Gasteiger partial charge in [0.05, 0.1) is 33.4 Å². The molecule has 2 aliphatic heterocycles. The van der Waals surface area contributed by atoms with Crippen molar-refractivity contribution in [1.82, 2.24) is 0 Å². The fourth-order valence-electron chi connectivity index (χ4n) is 7.88. The van der Waals surface area contributed by atoms with Crippen LogP contribution in [0.25, 0.3) is 0 Å². The van der Waals surface area contributed by atoms with Crippen molar-refractivity contribution in [1.29, 1.82) is 0 Å². The van der Waals surface area contributed by atoms with E-state index < -0.39 is 110 Å². The van der Waals surface area contributed by atoms with Crippen molar-refractivity contribution in [3.8, 4) is 0 Å². The summed E-state index contributed by atoms with van der Waals surface area (Å²) in [6.45, 7) is -1.28. The third-order valence-electron chi connectivity index (χ3n) is 11.5. The van der Waals surface area contributed by atoms with Gasteiger partial charge in [-0.05, 0) is 72.8 Å². The molecule has 370 valence electrons. The zero-order valence-corrected chi connectivity index (χ0v) is 38.5. The van der Waals surface area contributed by atoms with Crippen molar-refractivity contribution in [2.24, 2.45) is 0 Å². The average Bonchev–Trinajstić information content (AvgIpc) is 3.43. The molecular weight excluding hydrogens is 933 g/mol. The lowest BCUT2D eigenvalue weighted by Gasteiger charge is -2.48. The van der Waals surface area contributed by atoms with Crippen molar-refractivity contribution < 1.29 is 81.2 Å². The molecule has 17 nitrogen and oxygen atoms in total. The van der Waals surface area contributed by atoms with Crippen molar-refractivity contribution >= 4 is 35.8 Å². The van der Waals surface area contributed by atoms with Crippen LogP contribution in [-0.2, 0) is 47.4 Å². The molecule has 2 heterocycles. The Balaban J connectivity index is 1.22. The molecule has 6 aromatic carbocycles. The van der Waals surface area contributed by atoms with E-state index in [1.54, 1.807) is 109 Å². The maximum Gasteiger partial charge on any atom is 0.338 e. The number of carbonyl (C=O) groups is 6. The Morgan fingerprint density at radius 1 is 0.375 bits per heavy atom. The molecule has 10 atom stereocenters. The van der Waals surface area contributed by atoms with Crippen molar-refractivity contribution in [2.45, 2.75) is 61.4 Å². The summed E-state index contributed by atoms with van der Waals surface area (Å²) in [5, 5.41) is 12.5. The summed E-state index contributed by atoms with van der Waals surface area (Å²) in [6, 6.07) is 47.3. The van der Waals surface area contributed by atoms with Gasteiger partial charge in [0.15, 0.2) is 37.0 Å². The van der Waals surface area contributed by atoms with Crippen LogP contribution in [0.1, 0.15) is 62.1 Å². The lowest BCUT2D eigenvalue weighted by molar-refractivity contribution is -0.355. The summed E-state index contributed by atoms with van der Waals surface area (Å²) in [4.78, 5) is 82.7. The summed E-state index contributed by atoms with van der Waals surface area (Å²) >= 11 is 0. The van der Waals surface area contributed by atoms with Gasteiger partial charge in [-0.3, -0.25) is 0 Å². The van der Waals surface area contributed by atoms with Crippen LogP contribution >= 0.6 is 0 Å². The topological polar surface area (TPSA) is 215 Å². The maximum absolute atomic E-state index is 14.1. The zero-order valence-electron chi connectivity index (χ0n) is 38.5. The van der Waals surface area contributed by atoms with Crippen LogP contribution in [0.4, 0.5) is 0 Å². The Kier molecular flexibility index (Phi) is 16.9. The first-order chi connectivity index (χ1) is 35.1. The molecule has 0 aliphatic carbocycles. The molecule has 6 aromatic rings. The zero-order chi connectivity index (χ0) is 50.4. The second-order valence-corrected chi connectivity index (χ2v) is 16.3. The lowest BCUT2D eigenvalue weighted by atomic mass is 9.96. The molecule has 1 N–H and O–H groups in total. The smallest absolute Gasteiger partial charge is 0.338 e. The van der Waals surface area contributed by atoms with Crippen LogP contribution in [0, 0.1) is 0 Å². The highest BCUT2D eigenvalue weighted by molar-refractivity contribution is 5.92. The number of hydrogen-bond acceptors (Lipinski definition) is 17. The van der Waals surface area contributed by atoms with E-state index in [4.69, 9.17) is 47.4 Å². The van der Waals surface area contributed by atoms with Crippen LogP contribution in [0.3, 0.4) is 0 Å². The van der Waals surface area contributed by atoms with Gasteiger partial charge >= 0.3 is 35.8 Å². The van der Waals surface area contributed by atoms with Gasteiger partial charge in [0.2, 0.25) is 0 Å². The first-order valence-corrected chi connectivity index (χ1v) is 22.7. The highest BCUT2D eigenvalue weighted by atomic mass is 16.8. The first-order valence-electron chi connectivity index (χ1n) is 22.7. The van der Waals surface area contributed by atoms with Gasteiger partial charge in [-0.1, -0.05) is 109 Å². The SMILES string of the molecule is COC1OC(COC(=O)c2ccccc2)C(OC(=O)c2ccccc2)C(OC2OC(COC(=O)c3ccccc3)C(OC(=O)c3ccccc3)C(O)C2OC(=O)c2ccccc2)C1OC(=O)c1ccccc1. The molecule has 2 aliphatic rings. The van der Waals surface area contributed by atoms with Crippen LogP contribution in [-0.4, -0.2) is 123 Å². The largest absolute Gasteiger partial charge is 0.459 e. The van der Waals surface area contributed by atoms with E-state index in [9.17, 15) is 33.9 Å². The van der Waals surface area contributed by atoms with E-state index in [-0.39, 0.29) is 33.4 Å². The molecule has 0 spiro atoms. The minimum Gasteiger partial charge on any atom is -0.459 e. The quantitative estimate of drug-likeness (QED) is 0.0768. The van der Waals surface area contributed by atoms with E-state index in [0.29, 0.717) is 0 Å². The Bertz CT molecular complexity index is 2740. The van der Waals surface area contributed by atoms with Gasteiger partial charge in [0, 0.05) is 7.11 Å². The van der Waals surface area contributed by atoms with Crippen molar-refractivity contribution in [3.63, 3.8) is 0 Å². The highest BCUT2D eigenvalue weighted by Gasteiger charge is 2.57. The summed E-state index contributed by atoms with van der Waals surface area (Å²) in [6.07, 6.45) is -17.4. The Morgan fingerprint density at radius 2 is 0.667 bits per heavy atom. The summed E-state index contributed by atoms with van der Waals surface area (Å²) in [5.41, 5.74) is 0.628. The highest BCUT2D eigenvalue weighted by Crippen LogP contribution is 2.36. The summed E-state index contributed by atoms with van der Waals surface area (Å²) < 4.78 is 61.0. The summed E-state index contributed by atoms with van der Waals surface area (Å²) in [7, 11) is 1.24. The molecule has 72 heavy (non-hydrogen) atoms. The molecule has 0 bridgehead atoms. The average molecular weight is 981 g/mol. The third kappa shape index (κ3) is 12.4. The Morgan fingerprint density at radius 3 is 1.03 bits per heavy atom. The lowest BCUT2D eigenvalue weighted by Crippen LogP contribution is -2.67. The first kappa shape index (κ1) is 50.3. The number of benzene rings is 6. The number of carbonyl (C=O) groups excluding carboxylic acids is 6. The number of hydrogen-bond donors (Lipinski definition) is 1. The van der Waals surface area contributed by atoms with E-state index >= 15 is 0 Å². The maximum atomic E-state index is 14.1. The molecule has 2 saturated heterocycles. The predicted octanol–water partition coefficient (Wildman–Crippen LogP) is 6.45. The molecule has 2 fully saturated rings. The number of rotatable bonds is 17. The predicted molar refractivity (Wildman–Crippen MR) is 251 cm³/mol. The van der Waals surface area contributed by atoms with Gasteiger partial charge in [-0.25, -0.2) is 28.8 Å². The molecule has 17 heteroatoms. The molecule has 0 amide bonds. The fraction of sp³-hybridized carbons (Fsp3) is 0.236. The van der Waals surface area contributed by atoms with Crippen molar-refractivity contribution in [3.05, 3.63) is 215 Å². The number of ether oxygens (including phenoxy) is 10. The monoisotopic (exact) mass is 980 g/mol. The second-order valence-electron chi connectivity index (χ2n) is 16.3. The molecule has 0 saturated carbocycles. The summed E-state index contributed by atoms with van der Waals surface area (Å²) in [5.74, 6) is -5.31. The number of aliphatic hydroxyl groups is 1. The van der Waals surface area contributed by atoms with E-state index in [1.807, 2.05) is 0 Å². The van der Waals surface area contributed by atoms with E-state index in [2.05, 4.69) is 0 Å². The molecule has 0 aromatic heterocycles. The normalized spacial score (nSPS) is 23.6. The minimum absolute atomic E-state index is 0.0374. The van der Waals surface area contributed by atoms with E-state index in [0.717, 1.165) is 0 Å². The minimum atomic E-state index is -2.01. The Labute approximate surface area is 413 Å².